The number of aromatic nitrogens is 2. The van der Waals surface area contributed by atoms with Gasteiger partial charge in [0.05, 0.1) is 11.4 Å². The van der Waals surface area contributed by atoms with Crippen molar-refractivity contribution in [2.24, 2.45) is 0 Å². The molecule has 0 amide bonds. The van der Waals surface area contributed by atoms with Crippen molar-refractivity contribution in [3.8, 4) is 12.3 Å². The van der Waals surface area contributed by atoms with Crippen LogP contribution >= 0.6 is 11.8 Å². The van der Waals surface area contributed by atoms with Crippen LogP contribution < -0.4 is 5.56 Å². The van der Waals surface area contributed by atoms with E-state index < -0.39 is 0 Å². The molecule has 4 heteroatoms. The van der Waals surface area contributed by atoms with Crippen LogP contribution in [0.1, 0.15) is 16.8 Å². The zero-order valence-electron chi connectivity index (χ0n) is 11.1. The fourth-order valence-corrected chi connectivity index (χ4v) is 2.33. The van der Waals surface area contributed by atoms with Gasteiger partial charge in [-0.15, -0.1) is 18.2 Å². The number of thioether (sulfide) groups is 1. The van der Waals surface area contributed by atoms with Gasteiger partial charge in [-0.2, -0.15) is 5.10 Å². The third-order valence-electron chi connectivity index (χ3n) is 2.65. The van der Waals surface area contributed by atoms with Gasteiger partial charge in [0.2, 0.25) is 0 Å². The molecule has 0 fully saturated rings. The summed E-state index contributed by atoms with van der Waals surface area (Å²) in [6, 6.07) is 9.64. The van der Waals surface area contributed by atoms with Gasteiger partial charge in [-0.1, -0.05) is 24.1 Å². The minimum atomic E-state index is -0.188. The first-order valence-electron chi connectivity index (χ1n) is 6.10. The highest BCUT2D eigenvalue weighted by Gasteiger charge is 1.97. The predicted molar refractivity (Wildman–Crippen MR) is 84.5 cm³/mol. The van der Waals surface area contributed by atoms with Crippen LogP contribution in [0.25, 0.3) is 12.2 Å². The molecule has 0 spiro atoms. The SMILES string of the molecule is C#CCSc1cccc(C=Cc2n[nH]c(=O)cc2C)c1. The van der Waals surface area contributed by atoms with E-state index >= 15 is 0 Å². The Kier molecular flexibility index (Phi) is 4.80. The van der Waals surface area contributed by atoms with Gasteiger partial charge in [-0.05, 0) is 36.3 Å². The fraction of sp³-hybridized carbons (Fsp3) is 0.125. The molecule has 1 aromatic carbocycles. The van der Waals surface area contributed by atoms with E-state index in [-0.39, 0.29) is 5.56 Å². The van der Waals surface area contributed by atoms with Gasteiger partial charge >= 0.3 is 0 Å². The number of hydrogen-bond donors (Lipinski definition) is 1. The summed E-state index contributed by atoms with van der Waals surface area (Å²) in [5.74, 6) is 3.27. The summed E-state index contributed by atoms with van der Waals surface area (Å²) in [5.41, 5.74) is 2.49. The summed E-state index contributed by atoms with van der Waals surface area (Å²) < 4.78 is 0. The standard InChI is InChI=1S/C16H14N2OS/c1-3-9-20-14-6-4-5-13(11-14)7-8-15-12(2)10-16(19)18-17-15/h1,4-8,10-11H,9H2,2H3,(H,18,19). The lowest BCUT2D eigenvalue weighted by molar-refractivity contribution is 0.961. The summed E-state index contributed by atoms with van der Waals surface area (Å²) in [6.45, 7) is 1.86. The lowest BCUT2D eigenvalue weighted by Crippen LogP contribution is -2.08. The lowest BCUT2D eigenvalue weighted by Gasteiger charge is -2.00. The largest absolute Gasteiger partial charge is 0.268 e. The first-order chi connectivity index (χ1) is 9.69. The highest BCUT2D eigenvalue weighted by atomic mass is 32.2. The zero-order chi connectivity index (χ0) is 14.4. The zero-order valence-corrected chi connectivity index (χ0v) is 11.9. The van der Waals surface area contributed by atoms with Crippen LogP contribution in [0.2, 0.25) is 0 Å². The number of nitrogens with one attached hydrogen (secondary N) is 1. The van der Waals surface area contributed by atoms with Gasteiger partial charge in [-0.3, -0.25) is 4.79 Å². The van der Waals surface area contributed by atoms with Gasteiger partial charge < -0.3 is 0 Å². The highest BCUT2D eigenvalue weighted by molar-refractivity contribution is 7.99. The lowest BCUT2D eigenvalue weighted by atomic mass is 10.1. The molecule has 0 aliphatic carbocycles. The van der Waals surface area contributed by atoms with E-state index in [2.05, 4.69) is 22.2 Å². The number of aromatic amines is 1. The van der Waals surface area contributed by atoms with Crippen molar-refractivity contribution in [1.29, 1.82) is 0 Å². The van der Waals surface area contributed by atoms with E-state index in [1.165, 1.54) is 6.07 Å². The molecule has 0 saturated carbocycles. The van der Waals surface area contributed by atoms with E-state index in [1.54, 1.807) is 11.8 Å². The maximum absolute atomic E-state index is 11.1. The summed E-state index contributed by atoms with van der Waals surface area (Å²) in [4.78, 5) is 12.2. The number of H-pyrrole nitrogens is 1. The van der Waals surface area contributed by atoms with E-state index in [4.69, 9.17) is 6.42 Å². The van der Waals surface area contributed by atoms with Gasteiger partial charge in [0, 0.05) is 11.0 Å². The quantitative estimate of drug-likeness (QED) is 0.692. The molecule has 0 atom stereocenters. The second kappa shape index (κ2) is 6.78. The monoisotopic (exact) mass is 282 g/mol. The molecule has 0 bridgehead atoms. The van der Waals surface area contributed by atoms with Crippen LogP contribution in [-0.4, -0.2) is 16.0 Å². The molecule has 0 aliphatic rings. The summed E-state index contributed by atoms with van der Waals surface area (Å²) in [6.07, 6.45) is 9.11. The summed E-state index contributed by atoms with van der Waals surface area (Å²) >= 11 is 1.63. The molecule has 1 N–H and O–H groups in total. The molecule has 1 heterocycles. The van der Waals surface area contributed by atoms with Crippen LogP contribution in [0.15, 0.2) is 40.0 Å². The Morgan fingerprint density at radius 2 is 2.25 bits per heavy atom. The molecule has 3 nitrogen and oxygen atoms in total. The van der Waals surface area contributed by atoms with Gasteiger partial charge in [0.1, 0.15) is 0 Å². The molecule has 2 aromatic rings. The second-order valence-corrected chi connectivity index (χ2v) is 5.25. The van der Waals surface area contributed by atoms with Crippen molar-refractivity contribution in [3.63, 3.8) is 0 Å². The molecule has 0 aliphatic heterocycles. The van der Waals surface area contributed by atoms with Crippen molar-refractivity contribution in [2.45, 2.75) is 11.8 Å². The third kappa shape index (κ3) is 3.87. The molecular weight excluding hydrogens is 268 g/mol. The number of benzene rings is 1. The van der Waals surface area contributed by atoms with Crippen LogP contribution in [0.5, 0.6) is 0 Å². The van der Waals surface area contributed by atoms with Crippen molar-refractivity contribution < 1.29 is 0 Å². The van der Waals surface area contributed by atoms with Crippen molar-refractivity contribution in [1.82, 2.24) is 10.2 Å². The maximum Gasteiger partial charge on any atom is 0.264 e. The molecule has 0 unspecified atom stereocenters. The van der Waals surface area contributed by atoms with Crippen molar-refractivity contribution in [3.05, 3.63) is 57.5 Å². The fourth-order valence-electron chi connectivity index (χ4n) is 1.68. The molecule has 20 heavy (non-hydrogen) atoms. The smallest absolute Gasteiger partial charge is 0.264 e. The minimum Gasteiger partial charge on any atom is -0.268 e. The van der Waals surface area contributed by atoms with Gasteiger partial charge in [0.25, 0.3) is 5.56 Å². The molecule has 1 aromatic heterocycles. The minimum absolute atomic E-state index is 0.188. The Hall–Kier alpha value is -2.25. The van der Waals surface area contributed by atoms with E-state index in [9.17, 15) is 4.79 Å². The van der Waals surface area contributed by atoms with Crippen LogP contribution in [0, 0.1) is 19.3 Å². The van der Waals surface area contributed by atoms with Crippen LogP contribution in [0.4, 0.5) is 0 Å². The van der Waals surface area contributed by atoms with Crippen LogP contribution in [-0.2, 0) is 0 Å². The van der Waals surface area contributed by atoms with Crippen molar-refractivity contribution >= 4 is 23.9 Å². The normalized spacial score (nSPS) is 10.6. The molecule has 100 valence electrons. The summed E-state index contributed by atoms with van der Waals surface area (Å²) in [5, 5.41) is 6.44. The number of hydrogen-bond acceptors (Lipinski definition) is 3. The average Bonchev–Trinajstić information content (AvgIpc) is 2.45. The number of terminal acetylenes is 1. The molecule has 2 rings (SSSR count). The Labute approximate surface area is 122 Å². The molecule has 0 saturated heterocycles. The number of nitrogens with zero attached hydrogens (tertiary/aromatic N) is 1. The Morgan fingerprint density at radius 1 is 1.40 bits per heavy atom. The number of aryl methyl sites for hydroxylation is 1. The maximum atomic E-state index is 11.1. The topological polar surface area (TPSA) is 45.8 Å². The molecular formula is C16H14N2OS. The van der Waals surface area contributed by atoms with Crippen LogP contribution in [0.3, 0.4) is 0 Å². The highest BCUT2D eigenvalue weighted by Crippen LogP contribution is 2.19. The van der Waals surface area contributed by atoms with E-state index in [0.717, 1.165) is 21.7 Å². The van der Waals surface area contributed by atoms with Gasteiger partial charge in [0.15, 0.2) is 0 Å². The van der Waals surface area contributed by atoms with Crippen molar-refractivity contribution in [2.75, 3.05) is 5.75 Å². The second-order valence-electron chi connectivity index (χ2n) is 4.20. The Morgan fingerprint density at radius 3 is 3.00 bits per heavy atom. The predicted octanol–water partition coefficient (Wildman–Crippen LogP) is 2.97. The average molecular weight is 282 g/mol. The first-order valence-corrected chi connectivity index (χ1v) is 7.08. The molecule has 0 radical (unpaired) electrons. The Balaban J connectivity index is 2.19. The number of rotatable bonds is 4. The van der Waals surface area contributed by atoms with Gasteiger partial charge in [-0.25, -0.2) is 5.10 Å². The Bertz CT molecular complexity index is 726. The van der Waals surface area contributed by atoms with E-state index in [0.29, 0.717) is 5.75 Å². The van der Waals surface area contributed by atoms with E-state index in [1.807, 2.05) is 37.3 Å². The first kappa shape index (κ1) is 14.2. The summed E-state index contributed by atoms with van der Waals surface area (Å²) in [7, 11) is 0. The third-order valence-corrected chi connectivity index (χ3v) is 3.55.